The number of ketones is 1. The number of rotatable bonds is 2. The van der Waals surface area contributed by atoms with Crippen molar-refractivity contribution in [1.29, 1.82) is 0 Å². The van der Waals surface area contributed by atoms with Crippen LogP contribution in [0, 0.1) is 12.7 Å². The van der Waals surface area contributed by atoms with E-state index in [4.69, 9.17) is 11.6 Å². The molecular formula is C12H7BrClFOS. The van der Waals surface area contributed by atoms with Gasteiger partial charge in [-0.05, 0) is 41.1 Å². The van der Waals surface area contributed by atoms with Crippen LogP contribution in [0.15, 0.2) is 28.7 Å². The first-order valence-corrected chi connectivity index (χ1v) is 6.73. The molecule has 17 heavy (non-hydrogen) atoms. The Hall–Kier alpha value is -0.710. The van der Waals surface area contributed by atoms with Crippen LogP contribution in [0.4, 0.5) is 4.39 Å². The van der Waals surface area contributed by atoms with Gasteiger partial charge in [0.2, 0.25) is 5.78 Å². The molecule has 0 bridgehead atoms. The topological polar surface area (TPSA) is 17.1 Å². The number of halogens is 3. The quantitative estimate of drug-likeness (QED) is 0.719. The van der Waals surface area contributed by atoms with Crippen molar-refractivity contribution in [2.45, 2.75) is 6.92 Å². The Labute approximate surface area is 115 Å². The fourth-order valence-corrected chi connectivity index (χ4v) is 3.06. The first kappa shape index (κ1) is 12.7. The zero-order valence-electron chi connectivity index (χ0n) is 8.76. The Kier molecular flexibility index (Phi) is 3.66. The van der Waals surface area contributed by atoms with Crippen LogP contribution >= 0.6 is 38.9 Å². The predicted octanol–water partition coefficient (Wildman–Crippen LogP) is 4.84. The highest BCUT2D eigenvalue weighted by Crippen LogP contribution is 2.33. The molecule has 1 heterocycles. The van der Waals surface area contributed by atoms with Gasteiger partial charge in [-0.3, -0.25) is 4.79 Å². The average Bonchev–Trinajstić information content (AvgIpc) is 2.62. The molecule has 0 aliphatic rings. The molecule has 1 aromatic carbocycles. The van der Waals surface area contributed by atoms with E-state index < -0.39 is 5.82 Å². The SMILES string of the molecule is Cc1ccc(F)c(C(=O)c2cc(Br)c(Cl)s2)c1. The van der Waals surface area contributed by atoms with Crippen molar-refractivity contribution in [2.24, 2.45) is 0 Å². The molecular weight excluding hydrogens is 327 g/mol. The lowest BCUT2D eigenvalue weighted by molar-refractivity contribution is 0.103. The van der Waals surface area contributed by atoms with Crippen LogP contribution in [0.5, 0.6) is 0 Å². The molecule has 0 N–H and O–H groups in total. The van der Waals surface area contributed by atoms with Crippen LogP contribution in [0.1, 0.15) is 20.8 Å². The molecule has 0 fully saturated rings. The second-order valence-electron chi connectivity index (χ2n) is 3.54. The molecule has 0 saturated heterocycles. The summed E-state index contributed by atoms with van der Waals surface area (Å²) in [6.07, 6.45) is 0. The van der Waals surface area contributed by atoms with Crippen molar-refractivity contribution >= 4 is 44.7 Å². The second kappa shape index (κ2) is 4.88. The molecule has 0 spiro atoms. The Morgan fingerprint density at radius 2 is 2.12 bits per heavy atom. The first-order valence-electron chi connectivity index (χ1n) is 4.74. The number of thiophene rings is 1. The highest BCUT2D eigenvalue weighted by atomic mass is 79.9. The van der Waals surface area contributed by atoms with Gasteiger partial charge in [0.15, 0.2) is 0 Å². The molecule has 0 unspecified atom stereocenters. The third kappa shape index (κ3) is 2.59. The summed E-state index contributed by atoms with van der Waals surface area (Å²) in [5, 5.41) is 0. The first-order chi connectivity index (χ1) is 7.99. The minimum atomic E-state index is -0.513. The third-order valence-corrected chi connectivity index (χ3v) is 4.71. The van der Waals surface area contributed by atoms with Crippen molar-refractivity contribution in [2.75, 3.05) is 0 Å². The Bertz CT molecular complexity index is 575. The summed E-state index contributed by atoms with van der Waals surface area (Å²) in [7, 11) is 0. The smallest absolute Gasteiger partial charge is 0.205 e. The van der Waals surface area contributed by atoms with Crippen molar-refractivity contribution in [3.63, 3.8) is 0 Å². The molecule has 1 aromatic heterocycles. The number of benzene rings is 1. The standard InChI is InChI=1S/C12H7BrClFOS/c1-6-2-3-9(15)7(4-6)11(16)10-5-8(13)12(14)17-10/h2-5H,1H3. The fraction of sp³-hybridized carbons (Fsp3) is 0.0833. The van der Waals surface area contributed by atoms with Crippen molar-refractivity contribution < 1.29 is 9.18 Å². The van der Waals surface area contributed by atoms with Crippen molar-refractivity contribution in [1.82, 2.24) is 0 Å². The van der Waals surface area contributed by atoms with E-state index >= 15 is 0 Å². The number of hydrogen-bond donors (Lipinski definition) is 0. The molecule has 0 saturated carbocycles. The molecule has 0 aliphatic carbocycles. The van der Waals surface area contributed by atoms with Gasteiger partial charge in [-0.1, -0.05) is 23.2 Å². The van der Waals surface area contributed by atoms with Crippen LogP contribution < -0.4 is 0 Å². The monoisotopic (exact) mass is 332 g/mol. The summed E-state index contributed by atoms with van der Waals surface area (Å²) in [6.45, 7) is 1.81. The van der Waals surface area contributed by atoms with Gasteiger partial charge < -0.3 is 0 Å². The van der Waals surface area contributed by atoms with E-state index in [0.29, 0.717) is 13.7 Å². The molecule has 2 rings (SSSR count). The summed E-state index contributed by atoms with van der Waals surface area (Å²) in [5.41, 5.74) is 0.923. The zero-order valence-corrected chi connectivity index (χ0v) is 11.9. The van der Waals surface area contributed by atoms with E-state index in [1.807, 2.05) is 6.92 Å². The number of aryl methyl sites for hydroxylation is 1. The Morgan fingerprint density at radius 3 is 2.71 bits per heavy atom. The maximum Gasteiger partial charge on any atom is 0.205 e. The summed E-state index contributed by atoms with van der Waals surface area (Å²) in [4.78, 5) is 12.5. The predicted molar refractivity (Wildman–Crippen MR) is 71.6 cm³/mol. The normalized spacial score (nSPS) is 10.6. The van der Waals surface area contributed by atoms with Crippen LogP contribution in [0.25, 0.3) is 0 Å². The van der Waals surface area contributed by atoms with Crippen LogP contribution in [0.2, 0.25) is 4.34 Å². The van der Waals surface area contributed by atoms with Crippen molar-refractivity contribution in [3.8, 4) is 0 Å². The minimum Gasteiger partial charge on any atom is -0.288 e. The van der Waals surface area contributed by atoms with Crippen LogP contribution in [-0.2, 0) is 0 Å². The van der Waals surface area contributed by atoms with E-state index in [9.17, 15) is 9.18 Å². The van der Waals surface area contributed by atoms with Gasteiger partial charge in [0, 0.05) is 4.47 Å². The number of hydrogen-bond acceptors (Lipinski definition) is 2. The maximum atomic E-state index is 13.6. The van der Waals surface area contributed by atoms with Gasteiger partial charge in [-0.15, -0.1) is 11.3 Å². The second-order valence-corrected chi connectivity index (χ2v) is 6.05. The van der Waals surface area contributed by atoms with E-state index in [0.717, 1.165) is 16.9 Å². The molecule has 0 atom stereocenters. The van der Waals surface area contributed by atoms with E-state index in [1.54, 1.807) is 18.2 Å². The number of carbonyl (C=O) groups excluding carboxylic acids is 1. The number of carbonyl (C=O) groups is 1. The summed E-state index contributed by atoms with van der Waals surface area (Å²) >= 11 is 10.2. The molecule has 1 nitrogen and oxygen atoms in total. The summed E-state index contributed by atoms with van der Waals surface area (Å²) in [6, 6.07) is 6.08. The molecule has 0 aliphatic heterocycles. The zero-order chi connectivity index (χ0) is 12.6. The summed E-state index contributed by atoms with van der Waals surface area (Å²) in [5.74, 6) is -0.856. The van der Waals surface area contributed by atoms with Crippen molar-refractivity contribution in [3.05, 3.63) is 54.9 Å². The Balaban J connectivity index is 2.47. The molecule has 0 radical (unpaired) electrons. The van der Waals surface area contributed by atoms with E-state index in [-0.39, 0.29) is 11.3 Å². The fourth-order valence-electron chi connectivity index (χ4n) is 1.40. The maximum absolute atomic E-state index is 13.6. The highest BCUT2D eigenvalue weighted by Gasteiger charge is 2.17. The average molecular weight is 334 g/mol. The van der Waals surface area contributed by atoms with Gasteiger partial charge in [-0.2, -0.15) is 0 Å². The van der Waals surface area contributed by atoms with Gasteiger partial charge in [0.05, 0.1) is 10.4 Å². The Morgan fingerprint density at radius 1 is 1.41 bits per heavy atom. The molecule has 2 aromatic rings. The van der Waals surface area contributed by atoms with Crippen LogP contribution in [0.3, 0.4) is 0 Å². The molecule has 5 heteroatoms. The highest BCUT2D eigenvalue weighted by molar-refractivity contribution is 9.10. The third-order valence-electron chi connectivity index (χ3n) is 2.24. The molecule has 0 amide bonds. The lowest BCUT2D eigenvalue weighted by atomic mass is 10.1. The van der Waals surface area contributed by atoms with Gasteiger partial charge >= 0.3 is 0 Å². The summed E-state index contributed by atoms with van der Waals surface area (Å²) < 4.78 is 14.7. The van der Waals surface area contributed by atoms with Crippen LogP contribution in [-0.4, -0.2) is 5.78 Å². The molecule has 88 valence electrons. The largest absolute Gasteiger partial charge is 0.288 e. The lowest BCUT2D eigenvalue weighted by Gasteiger charge is -2.01. The van der Waals surface area contributed by atoms with E-state index in [1.165, 1.54) is 6.07 Å². The van der Waals surface area contributed by atoms with E-state index in [2.05, 4.69) is 15.9 Å². The minimum absolute atomic E-state index is 0.0791. The van der Waals surface area contributed by atoms with Gasteiger partial charge in [0.1, 0.15) is 10.2 Å². The van der Waals surface area contributed by atoms with Gasteiger partial charge in [0.25, 0.3) is 0 Å². The van der Waals surface area contributed by atoms with Gasteiger partial charge in [-0.25, -0.2) is 4.39 Å². The lowest BCUT2D eigenvalue weighted by Crippen LogP contribution is -2.02.